The molecule has 0 aromatic carbocycles. The van der Waals surface area contributed by atoms with Gasteiger partial charge >= 0.3 is 0 Å². The van der Waals surface area contributed by atoms with Gasteiger partial charge in [-0.05, 0) is 13.3 Å². The summed E-state index contributed by atoms with van der Waals surface area (Å²) in [7, 11) is 1.74. The summed E-state index contributed by atoms with van der Waals surface area (Å²) in [5, 5.41) is 0. The van der Waals surface area contributed by atoms with Gasteiger partial charge in [0, 0.05) is 32.2 Å². The van der Waals surface area contributed by atoms with Crippen molar-refractivity contribution in [1.29, 1.82) is 0 Å². The molecule has 0 radical (unpaired) electrons. The second-order valence-electron chi connectivity index (χ2n) is 4.36. The Morgan fingerprint density at radius 1 is 1.59 bits per heavy atom. The Kier molecular flexibility index (Phi) is 3.75. The van der Waals surface area contributed by atoms with Crippen LogP contribution in [-0.2, 0) is 4.74 Å². The molecule has 0 bridgehead atoms. The number of nitrogens with two attached hydrogens (primary N) is 1. The standard InChI is InChI=1S/C11H19N5O/c1-8-13-10(15-12)5-11(14-8)16-4-3-9(6-16)7-17-2/h5,9H,3-4,6-7,12H2,1-2H3,(H,13,14,15). The number of aromatic nitrogens is 2. The molecular weight excluding hydrogens is 218 g/mol. The number of hydrazine groups is 1. The first-order valence-electron chi connectivity index (χ1n) is 5.79. The van der Waals surface area contributed by atoms with Gasteiger partial charge < -0.3 is 15.1 Å². The molecule has 0 amide bonds. The van der Waals surface area contributed by atoms with Crippen LogP contribution < -0.4 is 16.2 Å². The largest absolute Gasteiger partial charge is 0.384 e. The Labute approximate surface area is 101 Å². The smallest absolute Gasteiger partial charge is 0.145 e. The van der Waals surface area contributed by atoms with E-state index < -0.39 is 0 Å². The number of ether oxygens (including phenoxy) is 1. The van der Waals surface area contributed by atoms with Gasteiger partial charge in [-0.25, -0.2) is 15.8 Å². The van der Waals surface area contributed by atoms with Gasteiger partial charge in [-0.2, -0.15) is 0 Å². The predicted molar refractivity (Wildman–Crippen MR) is 66.8 cm³/mol. The molecule has 1 aliphatic rings. The fourth-order valence-electron chi connectivity index (χ4n) is 2.20. The van der Waals surface area contributed by atoms with Crippen LogP contribution in [0, 0.1) is 12.8 Å². The second kappa shape index (κ2) is 5.29. The zero-order valence-corrected chi connectivity index (χ0v) is 10.3. The Balaban J connectivity index is 2.10. The molecular formula is C11H19N5O. The third-order valence-electron chi connectivity index (χ3n) is 2.98. The molecule has 17 heavy (non-hydrogen) atoms. The Morgan fingerprint density at radius 2 is 2.41 bits per heavy atom. The predicted octanol–water partition coefficient (Wildman–Crippen LogP) is 0.543. The summed E-state index contributed by atoms with van der Waals surface area (Å²) in [5.74, 6) is 8.29. The maximum atomic E-state index is 5.38. The molecule has 0 aliphatic carbocycles. The molecule has 2 rings (SSSR count). The van der Waals surface area contributed by atoms with Gasteiger partial charge in [-0.3, -0.25) is 0 Å². The van der Waals surface area contributed by atoms with E-state index in [4.69, 9.17) is 10.6 Å². The summed E-state index contributed by atoms with van der Waals surface area (Å²) in [6, 6.07) is 1.88. The lowest BCUT2D eigenvalue weighted by Crippen LogP contribution is -2.23. The normalized spacial score (nSPS) is 19.7. The second-order valence-corrected chi connectivity index (χ2v) is 4.36. The lowest BCUT2D eigenvalue weighted by molar-refractivity contribution is 0.161. The van der Waals surface area contributed by atoms with E-state index in [0.29, 0.717) is 11.7 Å². The molecule has 1 saturated heterocycles. The van der Waals surface area contributed by atoms with Crippen molar-refractivity contribution in [2.45, 2.75) is 13.3 Å². The van der Waals surface area contributed by atoms with Crippen molar-refractivity contribution in [3.63, 3.8) is 0 Å². The van der Waals surface area contributed by atoms with Crippen LogP contribution in [0.2, 0.25) is 0 Å². The molecule has 1 aromatic rings. The van der Waals surface area contributed by atoms with Crippen molar-refractivity contribution in [3.8, 4) is 0 Å². The molecule has 1 fully saturated rings. The average Bonchev–Trinajstić information content (AvgIpc) is 2.77. The van der Waals surface area contributed by atoms with Gasteiger partial charge in [-0.1, -0.05) is 0 Å². The highest BCUT2D eigenvalue weighted by molar-refractivity contribution is 5.49. The van der Waals surface area contributed by atoms with Crippen LogP contribution in [0.5, 0.6) is 0 Å². The fourth-order valence-corrected chi connectivity index (χ4v) is 2.20. The topological polar surface area (TPSA) is 76.3 Å². The van der Waals surface area contributed by atoms with Gasteiger partial charge in [0.2, 0.25) is 0 Å². The van der Waals surface area contributed by atoms with E-state index >= 15 is 0 Å². The molecule has 1 aromatic heterocycles. The minimum Gasteiger partial charge on any atom is -0.384 e. The molecule has 1 atom stereocenters. The molecule has 94 valence electrons. The van der Waals surface area contributed by atoms with Crippen molar-refractivity contribution >= 4 is 11.6 Å². The van der Waals surface area contributed by atoms with Crippen LogP contribution in [0.1, 0.15) is 12.2 Å². The van der Waals surface area contributed by atoms with E-state index in [-0.39, 0.29) is 0 Å². The zero-order chi connectivity index (χ0) is 12.3. The first kappa shape index (κ1) is 12.1. The summed E-state index contributed by atoms with van der Waals surface area (Å²) >= 11 is 0. The molecule has 6 nitrogen and oxygen atoms in total. The number of hydrogen-bond donors (Lipinski definition) is 2. The van der Waals surface area contributed by atoms with E-state index in [1.165, 1.54) is 0 Å². The van der Waals surface area contributed by atoms with Crippen molar-refractivity contribution in [2.75, 3.05) is 37.1 Å². The number of nitrogens with one attached hydrogen (secondary N) is 1. The molecule has 0 spiro atoms. The number of rotatable bonds is 4. The number of nitrogens with zero attached hydrogens (tertiary/aromatic N) is 3. The number of methoxy groups -OCH3 is 1. The van der Waals surface area contributed by atoms with Gasteiger partial charge in [0.25, 0.3) is 0 Å². The van der Waals surface area contributed by atoms with E-state index in [9.17, 15) is 0 Å². The lowest BCUT2D eigenvalue weighted by atomic mass is 10.1. The summed E-state index contributed by atoms with van der Waals surface area (Å²) in [5.41, 5.74) is 2.57. The van der Waals surface area contributed by atoms with Crippen molar-refractivity contribution in [1.82, 2.24) is 9.97 Å². The maximum Gasteiger partial charge on any atom is 0.145 e. The van der Waals surface area contributed by atoms with Crippen LogP contribution in [0.25, 0.3) is 0 Å². The highest BCUT2D eigenvalue weighted by Crippen LogP contribution is 2.23. The first-order valence-corrected chi connectivity index (χ1v) is 5.79. The summed E-state index contributed by atoms with van der Waals surface area (Å²) < 4.78 is 5.19. The molecule has 1 unspecified atom stereocenters. The summed E-state index contributed by atoms with van der Waals surface area (Å²) in [6.07, 6.45) is 1.14. The first-order chi connectivity index (χ1) is 8.22. The minimum atomic E-state index is 0.588. The number of nitrogen functional groups attached to an aromatic ring is 1. The SMILES string of the molecule is COCC1CCN(c2cc(NN)nc(C)n2)C1. The fraction of sp³-hybridized carbons (Fsp3) is 0.636. The Hall–Kier alpha value is -1.40. The number of anilines is 2. The third kappa shape index (κ3) is 2.83. The van der Waals surface area contributed by atoms with Crippen LogP contribution in [0.3, 0.4) is 0 Å². The molecule has 6 heteroatoms. The number of hydrogen-bond acceptors (Lipinski definition) is 6. The van der Waals surface area contributed by atoms with E-state index in [2.05, 4.69) is 20.3 Å². The van der Waals surface area contributed by atoms with E-state index in [1.54, 1.807) is 7.11 Å². The van der Waals surface area contributed by atoms with E-state index in [0.717, 1.165) is 37.8 Å². The molecule has 0 saturated carbocycles. The van der Waals surface area contributed by atoms with E-state index in [1.807, 2.05) is 13.0 Å². The van der Waals surface area contributed by atoms with Crippen LogP contribution >= 0.6 is 0 Å². The van der Waals surface area contributed by atoms with Crippen LogP contribution in [0.15, 0.2) is 6.07 Å². The Bertz CT molecular complexity index is 384. The highest BCUT2D eigenvalue weighted by atomic mass is 16.5. The maximum absolute atomic E-state index is 5.38. The molecule has 3 N–H and O–H groups in total. The van der Waals surface area contributed by atoms with Crippen LogP contribution in [0.4, 0.5) is 11.6 Å². The minimum absolute atomic E-state index is 0.588. The van der Waals surface area contributed by atoms with Gasteiger partial charge in [0.05, 0.1) is 6.61 Å². The molecule has 2 heterocycles. The van der Waals surface area contributed by atoms with Crippen molar-refractivity contribution < 1.29 is 4.74 Å². The average molecular weight is 237 g/mol. The van der Waals surface area contributed by atoms with Gasteiger partial charge in [0.1, 0.15) is 17.5 Å². The summed E-state index contributed by atoms with van der Waals surface area (Å²) in [6.45, 7) is 4.67. The lowest BCUT2D eigenvalue weighted by Gasteiger charge is -2.18. The Morgan fingerprint density at radius 3 is 3.12 bits per heavy atom. The van der Waals surface area contributed by atoms with Gasteiger partial charge in [0.15, 0.2) is 0 Å². The third-order valence-corrected chi connectivity index (χ3v) is 2.98. The van der Waals surface area contributed by atoms with Crippen molar-refractivity contribution in [2.24, 2.45) is 11.8 Å². The van der Waals surface area contributed by atoms with Crippen LogP contribution in [-0.4, -0.2) is 36.8 Å². The monoisotopic (exact) mass is 237 g/mol. The quantitative estimate of drug-likeness (QED) is 0.588. The number of aryl methyl sites for hydroxylation is 1. The molecule has 1 aliphatic heterocycles. The highest BCUT2D eigenvalue weighted by Gasteiger charge is 2.23. The zero-order valence-electron chi connectivity index (χ0n) is 10.3. The van der Waals surface area contributed by atoms with Gasteiger partial charge in [-0.15, -0.1) is 0 Å². The van der Waals surface area contributed by atoms with Crippen molar-refractivity contribution in [3.05, 3.63) is 11.9 Å². The summed E-state index contributed by atoms with van der Waals surface area (Å²) in [4.78, 5) is 10.9.